The van der Waals surface area contributed by atoms with Crippen molar-refractivity contribution in [3.05, 3.63) is 11.1 Å². The summed E-state index contributed by atoms with van der Waals surface area (Å²) in [6.07, 6.45) is 2.72. The Balaban J connectivity index is 1.90. The number of carbonyl (C=O) groups excluding carboxylic acids is 1. The third kappa shape index (κ3) is 4.43. The fourth-order valence-electron chi connectivity index (χ4n) is 2.82. The van der Waals surface area contributed by atoms with Crippen LogP contribution in [0.15, 0.2) is 5.38 Å². The molecule has 0 saturated carbocycles. The number of rotatable bonds is 4. The largest absolute Gasteiger partial charge is 0.466 e. The van der Waals surface area contributed by atoms with Crippen LogP contribution in [0.2, 0.25) is 0 Å². The summed E-state index contributed by atoms with van der Waals surface area (Å²) in [7, 11) is 0. The molecular formula is C16H26N2O2S. The second-order valence-electron chi connectivity index (χ2n) is 6.73. The highest BCUT2D eigenvalue weighted by Crippen LogP contribution is 2.36. The third-order valence-electron chi connectivity index (χ3n) is 4.16. The van der Waals surface area contributed by atoms with Crippen LogP contribution in [0.25, 0.3) is 0 Å². The quantitative estimate of drug-likeness (QED) is 0.798. The molecule has 5 heteroatoms. The third-order valence-corrected chi connectivity index (χ3v) is 5.11. The zero-order chi connectivity index (χ0) is 15.5. The van der Waals surface area contributed by atoms with Gasteiger partial charge in [0.1, 0.15) is 0 Å². The predicted molar refractivity (Wildman–Crippen MR) is 86.8 cm³/mol. The molecule has 118 valence electrons. The summed E-state index contributed by atoms with van der Waals surface area (Å²) in [5, 5.41) is 3.02. The summed E-state index contributed by atoms with van der Waals surface area (Å²) in [6, 6.07) is 0. The van der Waals surface area contributed by atoms with Crippen molar-refractivity contribution < 1.29 is 9.53 Å². The first-order valence-corrected chi connectivity index (χ1v) is 8.63. The Hall–Kier alpha value is -1.10. The van der Waals surface area contributed by atoms with Gasteiger partial charge in [0.15, 0.2) is 5.13 Å². The van der Waals surface area contributed by atoms with Crippen molar-refractivity contribution in [1.82, 2.24) is 4.98 Å². The molecule has 2 rings (SSSR count). The topological polar surface area (TPSA) is 42.4 Å². The van der Waals surface area contributed by atoms with Crippen LogP contribution in [0.5, 0.6) is 0 Å². The van der Waals surface area contributed by atoms with Crippen molar-refractivity contribution >= 4 is 22.4 Å². The van der Waals surface area contributed by atoms with E-state index in [1.165, 1.54) is 12.8 Å². The molecular weight excluding hydrogens is 284 g/mol. The van der Waals surface area contributed by atoms with Gasteiger partial charge in [-0.15, -0.1) is 11.3 Å². The molecule has 1 aromatic rings. The van der Waals surface area contributed by atoms with Gasteiger partial charge in [-0.3, -0.25) is 4.79 Å². The van der Waals surface area contributed by atoms with E-state index >= 15 is 0 Å². The number of thiazole rings is 1. The summed E-state index contributed by atoms with van der Waals surface area (Å²) < 4.78 is 4.96. The van der Waals surface area contributed by atoms with E-state index in [0.29, 0.717) is 12.0 Å². The van der Waals surface area contributed by atoms with Gasteiger partial charge in [0.25, 0.3) is 0 Å². The van der Waals surface area contributed by atoms with Gasteiger partial charge in [0.2, 0.25) is 0 Å². The monoisotopic (exact) mass is 310 g/mol. The van der Waals surface area contributed by atoms with Crippen LogP contribution in [0.4, 0.5) is 5.13 Å². The highest BCUT2D eigenvalue weighted by Gasteiger charge is 2.29. The molecule has 1 saturated heterocycles. The number of ether oxygens (including phenoxy) is 1. The number of hydrogen-bond donors (Lipinski definition) is 0. The Morgan fingerprint density at radius 1 is 1.43 bits per heavy atom. The molecule has 0 N–H and O–H groups in total. The molecule has 0 aliphatic carbocycles. The maximum Gasteiger partial charge on any atom is 0.311 e. The Labute approximate surface area is 131 Å². The smallest absolute Gasteiger partial charge is 0.311 e. The van der Waals surface area contributed by atoms with Crippen LogP contribution < -0.4 is 4.90 Å². The average molecular weight is 310 g/mol. The first-order chi connectivity index (χ1) is 9.90. The van der Waals surface area contributed by atoms with E-state index in [9.17, 15) is 4.79 Å². The SMILES string of the molecule is CCOC(=O)Cc1csc(N2CCC(C(C)(C)C)CC2)n1. The van der Waals surface area contributed by atoms with Crippen molar-refractivity contribution in [2.45, 2.75) is 47.0 Å². The zero-order valence-corrected chi connectivity index (χ0v) is 14.3. The fourth-order valence-corrected chi connectivity index (χ4v) is 3.70. The lowest BCUT2D eigenvalue weighted by molar-refractivity contribution is -0.142. The fraction of sp³-hybridized carbons (Fsp3) is 0.750. The van der Waals surface area contributed by atoms with Crippen LogP contribution in [0.3, 0.4) is 0 Å². The van der Waals surface area contributed by atoms with E-state index in [0.717, 1.165) is 29.8 Å². The zero-order valence-electron chi connectivity index (χ0n) is 13.5. The highest BCUT2D eigenvalue weighted by molar-refractivity contribution is 7.13. The van der Waals surface area contributed by atoms with Crippen molar-refractivity contribution in [2.24, 2.45) is 11.3 Å². The number of hydrogen-bond acceptors (Lipinski definition) is 5. The van der Waals surface area contributed by atoms with E-state index in [2.05, 4.69) is 30.7 Å². The van der Waals surface area contributed by atoms with Crippen molar-refractivity contribution in [3.8, 4) is 0 Å². The molecule has 0 unspecified atom stereocenters. The first kappa shape index (κ1) is 16.3. The van der Waals surface area contributed by atoms with Crippen LogP contribution >= 0.6 is 11.3 Å². The number of nitrogens with zero attached hydrogens (tertiary/aromatic N) is 2. The molecule has 1 aromatic heterocycles. The highest BCUT2D eigenvalue weighted by atomic mass is 32.1. The molecule has 1 fully saturated rings. The van der Waals surface area contributed by atoms with Gasteiger partial charge in [-0.05, 0) is 31.1 Å². The van der Waals surface area contributed by atoms with Crippen LogP contribution in [0, 0.1) is 11.3 Å². The number of esters is 1. The lowest BCUT2D eigenvalue weighted by Crippen LogP contribution is -2.38. The van der Waals surface area contributed by atoms with Gasteiger partial charge in [0.05, 0.1) is 18.7 Å². The summed E-state index contributed by atoms with van der Waals surface area (Å²) >= 11 is 1.63. The van der Waals surface area contributed by atoms with E-state index in [1.807, 2.05) is 12.3 Å². The number of aromatic nitrogens is 1. The molecule has 1 aliphatic rings. The minimum absolute atomic E-state index is 0.194. The Bertz CT molecular complexity index is 471. The van der Waals surface area contributed by atoms with E-state index in [4.69, 9.17) is 4.74 Å². The molecule has 0 aromatic carbocycles. The molecule has 4 nitrogen and oxygen atoms in total. The molecule has 1 aliphatic heterocycles. The number of anilines is 1. The number of piperidine rings is 1. The minimum atomic E-state index is -0.194. The summed E-state index contributed by atoms with van der Waals surface area (Å²) in [5.41, 5.74) is 1.22. The van der Waals surface area contributed by atoms with Gasteiger partial charge in [-0.2, -0.15) is 0 Å². The van der Waals surface area contributed by atoms with Crippen LogP contribution in [0.1, 0.15) is 46.2 Å². The molecule has 0 amide bonds. The van der Waals surface area contributed by atoms with E-state index in [-0.39, 0.29) is 12.4 Å². The van der Waals surface area contributed by atoms with Gasteiger partial charge in [-0.25, -0.2) is 4.98 Å². The van der Waals surface area contributed by atoms with Crippen molar-refractivity contribution in [1.29, 1.82) is 0 Å². The Kier molecular flexibility index (Phi) is 5.25. The first-order valence-electron chi connectivity index (χ1n) is 7.75. The number of carbonyl (C=O) groups is 1. The van der Waals surface area contributed by atoms with Crippen molar-refractivity contribution in [3.63, 3.8) is 0 Å². The molecule has 0 bridgehead atoms. The molecule has 0 atom stereocenters. The average Bonchev–Trinajstić information content (AvgIpc) is 2.86. The van der Waals surface area contributed by atoms with Gasteiger partial charge >= 0.3 is 5.97 Å². The summed E-state index contributed by atoms with van der Waals surface area (Å²) in [4.78, 5) is 18.4. The normalized spacial score (nSPS) is 17.0. The maximum atomic E-state index is 11.5. The second kappa shape index (κ2) is 6.77. The van der Waals surface area contributed by atoms with Crippen LogP contribution in [-0.2, 0) is 16.0 Å². The van der Waals surface area contributed by atoms with Gasteiger partial charge < -0.3 is 9.64 Å². The predicted octanol–water partition coefficient (Wildman–Crippen LogP) is 3.51. The van der Waals surface area contributed by atoms with E-state index in [1.54, 1.807) is 11.3 Å². The molecule has 0 radical (unpaired) electrons. The van der Waals surface area contributed by atoms with Gasteiger partial charge in [-0.1, -0.05) is 20.8 Å². The van der Waals surface area contributed by atoms with E-state index < -0.39 is 0 Å². The summed E-state index contributed by atoms with van der Waals surface area (Å²) in [5.74, 6) is 0.591. The lowest BCUT2D eigenvalue weighted by atomic mass is 9.75. The molecule has 21 heavy (non-hydrogen) atoms. The maximum absolute atomic E-state index is 11.5. The molecule has 2 heterocycles. The Morgan fingerprint density at radius 2 is 2.10 bits per heavy atom. The standard InChI is InChI=1S/C16H26N2O2S/c1-5-20-14(19)10-13-11-21-15(17-13)18-8-6-12(7-9-18)16(2,3)4/h11-12H,5-10H2,1-4H3. The van der Waals surface area contributed by atoms with Gasteiger partial charge in [0, 0.05) is 18.5 Å². The second-order valence-corrected chi connectivity index (χ2v) is 7.57. The Morgan fingerprint density at radius 3 is 2.67 bits per heavy atom. The lowest BCUT2D eigenvalue weighted by Gasteiger charge is -2.38. The summed E-state index contributed by atoms with van der Waals surface area (Å²) in [6.45, 7) is 11.4. The minimum Gasteiger partial charge on any atom is -0.466 e. The molecule has 0 spiro atoms. The van der Waals surface area contributed by atoms with Crippen molar-refractivity contribution in [2.75, 3.05) is 24.6 Å². The van der Waals surface area contributed by atoms with Crippen LogP contribution in [-0.4, -0.2) is 30.6 Å².